The van der Waals surface area contributed by atoms with Crippen molar-refractivity contribution in [3.8, 4) is 0 Å². The molecule has 7 nitrogen and oxygen atoms in total. The second kappa shape index (κ2) is 11.5. The predicted octanol–water partition coefficient (Wildman–Crippen LogP) is 4.45. The lowest BCUT2D eigenvalue weighted by Gasteiger charge is -2.25. The number of carbonyl (C=O) groups excluding carboxylic acids is 4. The average Bonchev–Trinajstić information content (AvgIpc) is 2.76. The van der Waals surface area contributed by atoms with Crippen molar-refractivity contribution in [2.75, 3.05) is 18.6 Å². The highest BCUT2D eigenvalue weighted by molar-refractivity contribution is 8.00. The molecule has 0 N–H and O–H groups in total. The molecule has 1 aliphatic carbocycles. The van der Waals surface area contributed by atoms with Crippen LogP contribution in [-0.2, 0) is 28.7 Å². The van der Waals surface area contributed by atoms with Crippen LogP contribution in [0.4, 0.5) is 10.1 Å². The van der Waals surface area contributed by atoms with Crippen molar-refractivity contribution in [1.82, 2.24) is 0 Å². The highest BCUT2D eigenvalue weighted by Gasteiger charge is 2.32. The van der Waals surface area contributed by atoms with E-state index in [2.05, 4.69) is 4.74 Å². The van der Waals surface area contributed by atoms with Gasteiger partial charge >= 0.3 is 11.9 Å². The molecule has 1 aromatic rings. The van der Waals surface area contributed by atoms with Gasteiger partial charge in [0.15, 0.2) is 0 Å². The van der Waals surface area contributed by atoms with Crippen LogP contribution >= 0.6 is 23.4 Å². The first-order chi connectivity index (χ1) is 15.1. The number of benzene rings is 1. The number of rotatable bonds is 7. The number of anilines is 1. The minimum absolute atomic E-state index is 0.0204. The first-order valence-electron chi connectivity index (χ1n) is 10.1. The van der Waals surface area contributed by atoms with E-state index in [0.29, 0.717) is 29.1 Å². The quantitative estimate of drug-likeness (QED) is 0.416. The van der Waals surface area contributed by atoms with Gasteiger partial charge in [0.1, 0.15) is 11.1 Å². The zero-order chi connectivity index (χ0) is 24.0. The largest absolute Gasteiger partial charge is 0.468 e. The Morgan fingerprint density at radius 2 is 1.81 bits per heavy atom. The first kappa shape index (κ1) is 25.9. The zero-order valence-corrected chi connectivity index (χ0v) is 19.9. The van der Waals surface area contributed by atoms with Gasteiger partial charge in [-0.15, -0.1) is 11.8 Å². The van der Waals surface area contributed by atoms with E-state index >= 15 is 0 Å². The van der Waals surface area contributed by atoms with Gasteiger partial charge in [-0.2, -0.15) is 0 Å². The molecule has 32 heavy (non-hydrogen) atoms. The second-order valence-electron chi connectivity index (χ2n) is 7.06. The Hall–Kier alpha value is -2.39. The molecular weight excluding hydrogens is 461 g/mol. The van der Waals surface area contributed by atoms with E-state index in [1.807, 2.05) is 0 Å². The van der Waals surface area contributed by atoms with Gasteiger partial charge in [0.05, 0.1) is 24.4 Å². The Kier molecular flexibility index (Phi) is 9.27. The van der Waals surface area contributed by atoms with E-state index < -0.39 is 34.8 Å². The molecule has 1 atom stereocenters. The van der Waals surface area contributed by atoms with Crippen LogP contribution in [0.15, 0.2) is 28.2 Å². The highest BCUT2D eigenvalue weighted by atomic mass is 35.5. The maximum Gasteiger partial charge on any atom is 0.334 e. The van der Waals surface area contributed by atoms with E-state index in [-0.39, 0.29) is 34.9 Å². The standard InChI is InChI=1S/C22H25ClFNO6S/c1-5-31-22(29)15-9-7-6-8-14(15)20(27)25(13(3)26)18-11-19(16(23)10-17(18)24)32-12(2)21(28)30-4/h10-12H,5-9H2,1-4H3. The smallest absolute Gasteiger partial charge is 0.334 e. The van der Waals surface area contributed by atoms with Gasteiger partial charge in [-0.1, -0.05) is 11.6 Å². The fourth-order valence-corrected chi connectivity index (χ4v) is 4.53. The Labute approximate surface area is 195 Å². The van der Waals surface area contributed by atoms with Crippen molar-refractivity contribution in [3.63, 3.8) is 0 Å². The summed E-state index contributed by atoms with van der Waals surface area (Å²) in [6.07, 6.45) is 1.96. The van der Waals surface area contributed by atoms with Gasteiger partial charge in [0, 0.05) is 23.0 Å². The van der Waals surface area contributed by atoms with Gasteiger partial charge in [-0.05, 0) is 51.7 Å². The van der Waals surface area contributed by atoms with Crippen LogP contribution in [0.3, 0.4) is 0 Å². The van der Waals surface area contributed by atoms with Gasteiger partial charge in [-0.3, -0.25) is 14.4 Å². The number of carbonyl (C=O) groups is 4. The van der Waals surface area contributed by atoms with Crippen molar-refractivity contribution in [2.45, 2.75) is 56.6 Å². The predicted molar refractivity (Wildman–Crippen MR) is 119 cm³/mol. The maximum absolute atomic E-state index is 14.9. The molecule has 1 unspecified atom stereocenters. The third kappa shape index (κ3) is 5.89. The summed E-state index contributed by atoms with van der Waals surface area (Å²) in [4.78, 5) is 50.9. The summed E-state index contributed by atoms with van der Waals surface area (Å²) in [5.41, 5.74) is 0.0294. The summed E-state index contributed by atoms with van der Waals surface area (Å²) in [7, 11) is 1.24. The topological polar surface area (TPSA) is 90.0 Å². The van der Waals surface area contributed by atoms with Crippen molar-refractivity contribution < 1.29 is 33.0 Å². The van der Waals surface area contributed by atoms with Crippen LogP contribution in [-0.4, -0.2) is 42.7 Å². The molecule has 1 aromatic carbocycles. The van der Waals surface area contributed by atoms with Crippen LogP contribution in [0.5, 0.6) is 0 Å². The van der Waals surface area contributed by atoms with E-state index in [9.17, 15) is 23.6 Å². The molecule has 10 heteroatoms. The van der Waals surface area contributed by atoms with Crippen LogP contribution in [0.2, 0.25) is 5.02 Å². The summed E-state index contributed by atoms with van der Waals surface area (Å²) >= 11 is 7.14. The number of hydrogen-bond donors (Lipinski definition) is 0. The van der Waals surface area contributed by atoms with Crippen LogP contribution in [0.1, 0.15) is 46.5 Å². The number of ether oxygens (including phenoxy) is 2. The molecule has 1 aliphatic rings. The molecule has 0 fully saturated rings. The Morgan fingerprint density at radius 1 is 1.19 bits per heavy atom. The van der Waals surface area contributed by atoms with Crippen molar-refractivity contribution in [1.29, 1.82) is 0 Å². The summed E-state index contributed by atoms with van der Waals surface area (Å²) in [5.74, 6) is -3.52. The Bertz CT molecular complexity index is 964. The normalized spacial score (nSPS) is 14.6. The molecule has 0 aliphatic heterocycles. The average molecular weight is 486 g/mol. The molecule has 0 heterocycles. The fourth-order valence-electron chi connectivity index (χ4n) is 3.33. The summed E-state index contributed by atoms with van der Waals surface area (Å²) < 4.78 is 24.6. The Morgan fingerprint density at radius 3 is 2.38 bits per heavy atom. The minimum Gasteiger partial charge on any atom is -0.468 e. The third-order valence-corrected chi connectivity index (χ3v) is 6.41. The van der Waals surface area contributed by atoms with Crippen molar-refractivity contribution in [2.24, 2.45) is 0 Å². The molecule has 0 saturated heterocycles. The van der Waals surface area contributed by atoms with Crippen LogP contribution < -0.4 is 4.90 Å². The molecule has 174 valence electrons. The lowest BCUT2D eigenvalue weighted by Crippen LogP contribution is -2.38. The number of imide groups is 1. The molecular formula is C22H25ClFNO6S. The molecule has 0 radical (unpaired) electrons. The number of methoxy groups -OCH3 is 1. The summed E-state index contributed by atoms with van der Waals surface area (Å²) in [5, 5.41) is -0.638. The molecule has 0 saturated carbocycles. The van der Waals surface area contributed by atoms with E-state index in [0.717, 1.165) is 24.8 Å². The lowest BCUT2D eigenvalue weighted by molar-refractivity contribution is -0.140. The van der Waals surface area contributed by atoms with Crippen LogP contribution in [0.25, 0.3) is 0 Å². The first-order valence-corrected chi connectivity index (χ1v) is 11.4. The number of halogens is 2. The van der Waals surface area contributed by atoms with Gasteiger partial charge in [0.25, 0.3) is 5.91 Å². The van der Waals surface area contributed by atoms with Crippen LogP contribution in [0, 0.1) is 5.82 Å². The van der Waals surface area contributed by atoms with Gasteiger partial charge in [-0.25, -0.2) is 14.1 Å². The zero-order valence-electron chi connectivity index (χ0n) is 18.3. The van der Waals surface area contributed by atoms with E-state index in [4.69, 9.17) is 16.3 Å². The number of nitrogens with zero attached hydrogens (tertiary/aromatic N) is 1. The molecule has 0 bridgehead atoms. The van der Waals surface area contributed by atoms with Crippen molar-refractivity contribution >= 4 is 52.8 Å². The van der Waals surface area contributed by atoms with E-state index in [1.54, 1.807) is 13.8 Å². The number of thioether (sulfide) groups is 1. The van der Waals surface area contributed by atoms with Gasteiger partial charge < -0.3 is 9.47 Å². The highest BCUT2D eigenvalue weighted by Crippen LogP contribution is 2.37. The fraction of sp³-hybridized carbons (Fsp3) is 0.455. The Balaban J connectivity index is 2.53. The number of amides is 2. The van der Waals surface area contributed by atoms with Crippen molar-refractivity contribution in [3.05, 3.63) is 34.1 Å². The molecule has 0 aromatic heterocycles. The monoisotopic (exact) mass is 485 g/mol. The second-order valence-corrected chi connectivity index (χ2v) is 8.85. The molecule has 0 spiro atoms. The number of esters is 2. The summed E-state index contributed by atoms with van der Waals surface area (Å²) in [6, 6.07) is 2.22. The third-order valence-electron chi connectivity index (χ3n) is 4.84. The van der Waals surface area contributed by atoms with E-state index in [1.165, 1.54) is 13.2 Å². The summed E-state index contributed by atoms with van der Waals surface area (Å²) in [6.45, 7) is 4.51. The maximum atomic E-state index is 14.9. The number of hydrogen-bond acceptors (Lipinski definition) is 7. The SMILES string of the molecule is CCOC(=O)C1=C(C(=O)N(C(C)=O)c2cc(SC(C)C(=O)OC)c(Cl)cc2F)CCCC1. The van der Waals surface area contributed by atoms with Gasteiger partial charge in [0.2, 0.25) is 5.91 Å². The molecule has 2 amide bonds. The lowest BCUT2D eigenvalue weighted by atomic mass is 9.90. The molecule has 2 rings (SSSR count). The minimum atomic E-state index is -0.886.